The van der Waals surface area contributed by atoms with Crippen LogP contribution in [0.2, 0.25) is 0 Å². The molecule has 1 aliphatic heterocycles. The molecule has 0 saturated carbocycles. The third kappa shape index (κ3) is 4.12. The molecule has 20 heavy (non-hydrogen) atoms. The smallest absolute Gasteiger partial charge is 0.160 e. The van der Waals surface area contributed by atoms with Gasteiger partial charge in [0.05, 0.1) is 7.11 Å². The first-order valence-electron chi connectivity index (χ1n) is 7.52. The molecule has 0 radical (unpaired) electrons. The van der Waals surface area contributed by atoms with Crippen LogP contribution >= 0.6 is 0 Å². The fraction of sp³-hybridized carbons (Fsp3) is 0.625. The third-order valence-corrected chi connectivity index (χ3v) is 4.07. The number of rotatable bonds is 6. The van der Waals surface area contributed by atoms with E-state index < -0.39 is 0 Å². The van der Waals surface area contributed by atoms with Crippen molar-refractivity contribution in [3.8, 4) is 11.5 Å². The Morgan fingerprint density at radius 2 is 2.10 bits per heavy atom. The van der Waals surface area contributed by atoms with Crippen LogP contribution in [-0.4, -0.2) is 43.3 Å². The van der Waals surface area contributed by atoms with Gasteiger partial charge in [-0.05, 0) is 56.1 Å². The van der Waals surface area contributed by atoms with Gasteiger partial charge in [0.15, 0.2) is 11.5 Å². The van der Waals surface area contributed by atoms with Gasteiger partial charge in [0.25, 0.3) is 0 Å². The lowest BCUT2D eigenvalue weighted by molar-refractivity contribution is 0.207. The third-order valence-electron chi connectivity index (χ3n) is 4.07. The van der Waals surface area contributed by atoms with E-state index in [0.29, 0.717) is 5.75 Å². The number of phenolic OH excluding ortho intramolecular Hbond substituents is 1. The molecule has 4 heteroatoms. The van der Waals surface area contributed by atoms with Crippen LogP contribution in [0, 0.1) is 5.92 Å². The summed E-state index contributed by atoms with van der Waals surface area (Å²) >= 11 is 0. The summed E-state index contributed by atoms with van der Waals surface area (Å²) in [6.45, 7) is 7.62. The van der Waals surface area contributed by atoms with Gasteiger partial charge in [-0.2, -0.15) is 0 Å². The van der Waals surface area contributed by atoms with Crippen LogP contribution in [0.15, 0.2) is 18.2 Å². The molecule has 1 saturated heterocycles. The summed E-state index contributed by atoms with van der Waals surface area (Å²) in [6, 6.07) is 5.62. The molecule has 0 spiro atoms. The van der Waals surface area contributed by atoms with Gasteiger partial charge in [-0.3, -0.25) is 4.90 Å². The van der Waals surface area contributed by atoms with Crippen LogP contribution in [0.5, 0.6) is 11.5 Å². The van der Waals surface area contributed by atoms with Crippen molar-refractivity contribution in [2.45, 2.75) is 26.3 Å². The maximum absolute atomic E-state index is 9.64. The maximum Gasteiger partial charge on any atom is 0.160 e. The van der Waals surface area contributed by atoms with Crippen LogP contribution < -0.4 is 10.1 Å². The van der Waals surface area contributed by atoms with Crippen molar-refractivity contribution in [3.05, 3.63) is 23.8 Å². The number of benzene rings is 1. The van der Waals surface area contributed by atoms with E-state index in [1.165, 1.54) is 18.4 Å². The molecule has 1 aromatic carbocycles. The van der Waals surface area contributed by atoms with Gasteiger partial charge in [-0.15, -0.1) is 0 Å². The van der Waals surface area contributed by atoms with Crippen molar-refractivity contribution in [2.75, 3.05) is 33.3 Å². The highest BCUT2D eigenvalue weighted by atomic mass is 16.5. The number of ether oxygens (including phenoxy) is 1. The molecule has 4 nitrogen and oxygen atoms in total. The van der Waals surface area contributed by atoms with Gasteiger partial charge in [0.1, 0.15) is 0 Å². The van der Waals surface area contributed by atoms with Crippen LogP contribution in [0.25, 0.3) is 0 Å². The predicted molar refractivity (Wildman–Crippen MR) is 81.2 cm³/mol. The van der Waals surface area contributed by atoms with E-state index in [0.717, 1.165) is 38.6 Å². The SMILES string of the molecule is CCN(Cc1ccc(O)c(OC)c1)CC1CCNCC1. The minimum Gasteiger partial charge on any atom is -0.504 e. The topological polar surface area (TPSA) is 44.7 Å². The van der Waals surface area contributed by atoms with Crippen molar-refractivity contribution in [2.24, 2.45) is 5.92 Å². The molecule has 0 aliphatic carbocycles. The lowest BCUT2D eigenvalue weighted by Crippen LogP contribution is -2.35. The Hall–Kier alpha value is -1.26. The number of hydrogen-bond acceptors (Lipinski definition) is 4. The number of hydrogen-bond donors (Lipinski definition) is 2. The number of aromatic hydroxyl groups is 1. The minimum absolute atomic E-state index is 0.206. The normalized spacial score (nSPS) is 16.6. The van der Waals surface area contributed by atoms with E-state index in [4.69, 9.17) is 4.74 Å². The maximum atomic E-state index is 9.64. The Bertz CT molecular complexity index is 417. The molecule has 0 aromatic heterocycles. The first-order valence-corrected chi connectivity index (χ1v) is 7.52. The quantitative estimate of drug-likeness (QED) is 0.837. The summed E-state index contributed by atoms with van der Waals surface area (Å²) in [7, 11) is 1.59. The summed E-state index contributed by atoms with van der Waals surface area (Å²) in [6.07, 6.45) is 2.55. The largest absolute Gasteiger partial charge is 0.504 e. The van der Waals surface area contributed by atoms with E-state index in [1.54, 1.807) is 13.2 Å². The molecule has 2 N–H and O–H groups in total. The summed E-state index contributed by atoms with van der Waals surface area (Å²) in [4.78, 5) is 2.47. The number of nitrogens with zero attached hydrogens (tertiary/aromatic N) is 1. The Balaban J connectivity index is 1.94. The zero-order chi connectivity index (χ0) is 14.4. The zero-order valence-electron chi connectivity index (χ0n) is 12.6. The number of nitrogens with one attached hydrogen (secondary N) is 1. The fourth-order valence-corrected chi connectivity index (χ4v) is 2.81. The van der Waals surface area contributed by atoms with Crippen molar-refractivity contribution < 1.29 is 9.84 Å². The van der Waals surface area contributed by atoms with Crippen LogP contribution in [0.3, 0.4) is 0 Å². The second-order valence-corrected chi connectivity index (χ2v) is 5.53. The Labute approximate surface area is 121 Å². The molecular formula is C16H26N2O2. The molecule has 0 atom stereocenters. The van der Waals surface area contributed by atoms with Gasteiger partial charge in [0.2, 0.25) is 0 Å². The second-order valence-electron chi connectivity index (χ2n) is 5.53. The Kier molecular flexibility index (Phi) is 5.68. The number of piperidine rings is 1. The molecule has 0 bridgehead atoms. The highest BCUT2D eigenvalue weighted by Crippen LogP contribution is 2.27. The van der Waals surface area contributed by atoms with Crippen LogP contribution in [0.4, 0.5) is 0 Å². The molecule has 0 amide bonds. The van der Waals surface area contributed by atoms with Crippen LogP contribution in [0.1, 0.15) is 25.3 Å². The van der Waals surface area contributed by atoms with E-state index in [9.17, 15) is 5.11 Å². The van der Waals surface area contributed by atoms with E-state index in [2.05, 4.69) is 17.1 Å². The van der Waals surface area contributed by atoms with Crippen molar-refractivity contribution in [1.82, 2.24) is 10.2 Å². The van der Waals surface area contributed by atoms with E-state index in [-0.39, 0.29) is 5.75 Å². The average Bonchev–Trinajstić information content (AvgIpc) is 2.49. The highest BCUT2D eigenvalue weighted by Gasteiger charge is 2.16. The first kappa shape index (κ1) is 15.1. The predicted octanol–water partition coefficient (Wildman–Crippen LogP) is 2.22. The van der Waals surface area contributed by atoms with Gasteiger partial charge >= 0.3 is 0 Å². The Morgan fingerprint density at radius 1 is 1.35 bits per heavy atom. The van der Waals surface area contributed by atoms with E-state index in [1.807, 2.05) is 12.1 Å². The zero-order valence-corrected chi connectivity index (χ0v) is 12.6. The summed E-state index contributed by atoms with van der Waals surface area (Å²) < 4.78 is 5.17. The van der Waals surface area contributed by atoms with Crippen molar-refractivity contribution in [1.29, 1.82) is 0 Å². The first-order chi connectivity index (χ1) is 9.72. The van der Waals surface area contributed by atoms with Crippen molar-refractivity contribution in [3.63, 3.8) is 0 Å². The minimum atomic E-state index is 0.206. The lowest BCUT2D eigenvalue weighted by atomic mass is 9.97. The monoisotopic (exact) mass is 278 g/mol. The molecular weight excluding hydrogens is 252 g/mol. The van der Waals surface area contributed by atoms with Gasteiger partial charge in [-0.1, -0.05) is 13.0 Å². The molecule has 1 aliphatic rings. The van der Waals surface area contributed by atoms with Gasteiger partial charge in [0, 0.05) is 13.1 Å². The second kappa shape index (κ2) is 7.50. The molecule has 112 valence electrons. The lowest BCUT2D eigenvalue weighted by Gasteiger charge is -2.29. The van der Waals surface area contributed by atoms with Gasteiger partial charge in [-0.25, -0.2) is 0 Å². The summed E-state index contributed by atoms with van der Waals surface area (Å²) in [5.41, 5.74) is 1.19. The number of phenols is 1. The Morgan fingerprint density at radius 3 is 2.75 bits per heavy atom. The van der Waals surface area contributed by atoms with Crippen LogP contribution in [-0.2, 0) is 6.54 Å². The van der Waals surface area contributed by atoms with Gasteiger partial charge < -0.3 is 15.2 Å². The molecule has 2 rings (SSSR count). The molecule has 0 unspecified atom stereocenters. The average molecular weight is 278 g/mol. The fourth-order valence-electron chi connectivity index (χ4n) is 2.81. The summed E-state index contributed by atoms with van der Waals surface area (Å²) in [5.74, 6) is 1.56. The molecule has 1 aromatic rings. The highest BCUT2D eigenvalue weighted by molar-refractivity contribution is 5.41. The molecule has 1 heterocycles. The van der Waals surface area contributed by atoms with Crippen molar-refractivity contribution >= 4 is 0 Å². The standard InChI is InChI=1S/C16H26N2O2/c1-3-18(11-13-6-8-17-9-7-13)12-14-4-5-15(19)16(10-14)20-2/h4-5,10,13,17,19H,3,6-9,11-12H2,1-2H3. The summed E-state index contributed by atoms with van der Waals surface area (Å²) in [5, 5.41) is 13.1. The number of methoxy groups -OCH3 is 1. The molecule has 1 fully saturated rings. The van der Waals surface area contributed by atoms with E-state index >= 15 is 0 Å².